The Kier molecular flexibility index (Phi) is 13.3. The van der Waals surface area contributed by atoms with E-state index in [1.807, 2.05) is 0 Å². The zero-order valence-corrected chi connectivity index (χ0v) is 57.6. The Labute approximate surface area is 581 Å². The summed E-state index contributed by atoms with van der Waals surface area (Å²) in [6, 6.07) is 26.2. The average Bonchev–Trinajstić information content (AvgIpc) is 1.34. The normalized spacial score (nSPS) is 45.6. The highest BCUT2D eigenvalue weighted by atomic mass is 16.4. The van der Waals surface area contributed by atoms with Gasteiger partial charge < -0.3 is 31.1 Å². The molecule has 18 bridgehead atoms. The summed E-state index contributed by atoms with van der Waals surface area (Å²) >= 11 is 0. The first-order valence-electron chi connectivity index (χ1n) is 39.8. The summed E-state index contributed by atoms with van der Waals surface area (Å²) in [5, 5.41) is 63.2. The Hall–Kier alpha value is -6.33. The van der Waals surface area contributed by atoms with Gasteiger partial charge in [-0.25, -0.2) is 0 Å². The van der Waals surface area contributed by atoms with Crippen molar-refractivity contribution < 1.29 is 25.2 Å². The van der Waals surface area contributed by atoms with Crippen molar-refractivity contribution >= 4 is 29.3 Å². The van der Waals surface area contributed by atoms with Crippen LogP contribution in [0.2, 0.25) is 0 Å². The van der Waals surface area contributed by atoms with E-state index in [2.05, 4.69) is 150 Å². The summed E-state index contributed by atoms with van der Waals surface area (Å²) in [5.74, 6) is 11.5. The number of fused-ring (bicyclic) bond motifs is 9. The minimum atomic E-state index is -1.02. The summed E-state index contributed by atoms with van der Waals surface area (Å²) in [6.45, 7) is 1.51. The van der Waals surface area contributed by atoms with Crippen LogP contribution in [0.3, 0.4) is 0 Å². The molecule has 22 unspecified atom stereocenters. The summed E-state index contributed by atoms with van der Waals surface area (Å²) in [5.41, 5.74) is 12.6. The van der Waals surface area contributed by atoms with Crippen LogP contribution in [0.4, 0.5) is 0 Å². The minimum absolute atomic E-state index is 0.0285. The van der Waals surface area contributed by atoms with E-state index in [1.165, 1.54) is 114 Å². The van der Waals surface area contributed by atoms with E-state index in [4.69, 9.17) is 0 Å². The fourth-order valence-corrected chi connectivity index (χ4v) is 30.6. The number of allylic oxidation sites excluding steroid dienone is 11. The highest BCUT2D eigenvalue weighted by molar-refractivity contribution is 5.84. The predicted molar refractivity (Wildman–Crippen MR) is 387 cm³/mol. The van der Waals surface area contributed by atoms with Gasteiger partial charge in [0, 0.05) is 64.3 Å². The molecule has 3 aromatic rings. The quantitative estimate of drug-likeness (QED) is 0.0859. The molecule has 0 saturated heterocycles. The van der Waals surface area contributed by atoms with Crippen molar-refractivity contribution in [1.29, 1.82) is 0 Å². The van der Waals surface area contributed by atoms with E-state index in [0.29, 0.717) is 49.5 Å². The second-order valence-corrected chi connectivity index (χ2v) is 36.1. The first kappa shape index (κ1) is 60.4. The lowest BCUT2D eigenvalue weighted by molar-refractivity contribution is -0.179. The number of hydrogen-bond donors (Lipinski definition) is 6. The molecule has 20 aliphatic rings. The number of aliphatic carboxylic acids is 1. The van der Waals surface area contributed by atoms with Gasteiger partial charge in [-0.15, -0.1) is 5.92 Å². The van der Waals surface area contributed by atoms with Gasteiger partial charge in [-0.3, -0.25) is 4.79 Å². The van der Waals surface area contributed by atoms with Crippen molar-refractivity contribution in [2.24, 2.45) is 109 Å². The summed E-state index contributed by atoms with van der Waals surface area (Å²) in [6.07, 6.45) is 53.1. The average molecular weight is 1300 g/mol. The van der Waals surface area contributed by atoms with Crippen LogP contribution in [-0.4, -0.2) is 51.7 Å². The van der Waals surface area contributed by atoms with Gasteiger partial charge in [-0.1, -0.05) is 164 Å². The molecule has 98 heavy (non-hydrogen) atoms. The Balaban J connectivity index is 0.808. The maximum absolute atomic E-state index is 15.6. The molecule has 0 radical (unpaired) electrons. The van der Waals surface area contributed by atoms with Gasteiger partial charge in [0.1, 0.15) is 0 Å². The number of carboxylic acids is 1. The van der Waals surface area contributed by atoms with E-state index in [1.54, 1.807) is 22.3 Å². The zero-order valence-electron chi connectivity index (χ0n) is 57.6. The number of carbonyl (C=O) groups is 1. The Morgan fingerprint density at radius 1 is 0.724 bits per heavy atom. The van der Waals surface area contributed by atoms with Gasteiger partial charge in [0.15, 0.2) is 0 Å². The molecule has 16 aliphatic carbocycles. The van der Waals surface area contributed by atoms with E-state index < -0.39 is 51.2 Å². The fraction of sp³-hybridized carbons (Fsp3) is 0.571. The summed E-state index contributed by atoms with van der Waals surface area (Å²) < 4.78 is 0. The van der Waals surface area contributed by atoms with Crippen LogP contribution in [0.25, 0.3) is 23.3 Å². The number of benzene rings is 3. The number of rotatable bonds is 2. The van der Waals surface area contributed by atoms with Crippen molar-refractivity contribution in [3.05, 3.63) is 188 Å². The number of dihydropyridines is 1. The summed E-state index contributed by atoms with van der Waals surface area (Å²) in [4.78, 5) is 15.6. The van der Waals surface area contributed by atoms with Crippen molar-refractivity contribution in [3.63, 3.8) is 0 Å². The van der Waals surface area contributed by atoms with Gasteiger partial charge in [-0.05, 0) is 278 Å². The molecule has 3 aromatic carbocycles. The maximum atomic E-state index is 15.6. The molecule has 0 amide bonds. The van der Waals surface area contributed by atoms with Gasteiger partial charge >= 0.3 is 5.97 Å². The van der Waals surface area contributed by atoms with Crippen LogP contribution in [0.1, 0.15) is 207 Å². The van der Waals surface area contributed by atoms with Crippen LogP contribution < -0.4 is 21.1 Å². The highest BCUT2D eigenvalue weighted by Gasteiger charge is 2.85. The van der Waals surface area contributed by atoms with Gasteiger partial charge in [0.05, 0.1) is 30.2 Å². The molecule has 7 saturated carbocycles. The van der Waals surface area contributed by atoms with Gasteiger partial charge in [-0.2, -0.15) is 0 Å². The molecular formula is C91H102N2O5. The van der Waals surface area contributed by atoms with Crippen LogP contribution in [0.5, 0.6) is 0 Å². The maximum Gasteiger partial charge on any atom is 0.307 e. The van der Waals surface area contributed by atoms with E-state index in [0.717, 1.165) is 114 Å². The molecule has 7 heteroatoms. The first-order chi connectivity index (χ1) is 48.0. The Morgan fingerprint density at radius 2 is 1.60 bits per heavy atom. The van der Waals surface area contributed by atoms with Gasteiger partial charge in [0.2, 0.25) is 0 Å². The number of carboxylic acid groups (broad SMARTS) is 1. The summed E-state index contributed by atoms with van der Waals surface area (Å²) in [7, 11) is 0. The molecule has 7 fully saturated rings. The Morgan fingerprint density at radius 3 is 2.48 bits per heavy atom. The minimum Gasteiger partial charge on any atom is -0.516 e. The van der Waals surface area contributed by atoms with Crippen LogP contribution in [0, 0.1) is 121 Å². The third-order valence-electron chi connectivity index (χ3n) is 33.4. The highest BCUT2D eigenvalue weighted by Crippen LogP contribution is 2.90. The third kappa shape index (κ3) is 7.70. The number of aliphatic hydroxyl groups excluding tert-OH is 3. The number of hydrogen-bond acceptors (Lipinski definition) is 6. The van der Waals surface area contributed by atoms with E-state index in [9.17, 15) is 20.4 Å². The molecule has 22 atom stereocenters. The molecule has 4 heterocycles. The SMILES string of the molecule is O=C(O)C1CCC(=CO)C(C2CCCCC2)CCCNC2=CC=C(CN2)c2ccc3c(c2)C2C4=c5ccccc5=CC5C4=CC46C=CCC7(CC#CC2C=C3)C(O)CCC5(C2=C(C4)C34C5CCC8(CC9CC%10CCc%11ccccc%11C%10CC9C8)C5C=CC15C(O)C3CCCC54CC2)C67. The lowest BCUT2D eigenvalue weighted by atomic mass is 9.29. The fourth-order valence-electron chi connectivity index (χ4n) is 30.6. The molecule has 3 spiro atoms. The van der Waals surface area contributed by atoms with Crippen LogP contribution in [0.15, 0.2) is 150 Å². The van der Waals surface area contributed by atoms with Crippen LogP contribution in [-0.2, 0) is 11.2 Å². The zero-order chi connectivity index (χ0) is 65.3. The smallest absolute Gasteiger partial charge is 0.307 e. The third-order valence-corrected chi connectivity index (χ3v) is 33.4. The second kappa shape index (κ2) is 21.6. The standard InChI is InChI=1S/C91H102N2O5/c94-53-62-27-29-75(83(97)98)90-42-33-71-73(31-39-85(71)48-63-44-60-26-23-55-14-4-6-17-66(55)68(60)46-64(63)49-85)91-74(82(90)96)20-9-38-88(90,91)40-32-72-77(91)51-86-35-11-37-87-36-8-16-57-24-21-56-22-25-58(61-28-30-79(93-52-61)92-43-10-19-65(62)54-12-2-1-3-13-54)45-69(56)80(57)81-67-18-7-5-15-59(67)47-76(70(81)50-86)89(72,84(86)87)41-34-78(87)95/h4-7,11,14-15,17-18,21-22,24-25,28,30,33,35,42,45,47,50,53-54,57,60,63-65,68,71,73-76,78,80,82,84,92-96H,1-3,9-10,12-13,19-20,23,26-27,29,31-32,34,36-41,43-44,46,48-49,51-52H2,(H,97,98). The molecule has 506 valence electrons. The molecule has 23 rings (SSSR count). The first-order valence-corrected chi connectivity index (χ1v) is 39.8. The van der Waals surface area contributed by atoms with Crippen LogP contribution >= 0.6 is 0 Å². The van der Waals surface area contributed by atoms with E-state index in [-0.39, 0.29) is 58.2 Å². The number of aryl methyl sites for hydroxylation is 1. The lowest BCUT2D eigenvalue weighted by Crippen LogP contribution is -2.69. The molecule has 4 aliphatic heterocycles. The van der Waals surface area contributed by atoms with Crippen molar-refractivity contribution in [3.8, 4) is 11.8 Å². The van der Waals surface area contributed by atoms with Gasteiger partial charge in [0.25, 0.3) is 0 Å². The Bertz CT molecular complexity index is 4400. The largest absolute Gasteiger partial charge is 0.516 e. The molecule has 6 N–H and O–H groups in total. The van der Waals surface area contributed by atoms with Crippen molar-refractivity contribution in [2.75, 3.05) is 13.1 Å². The van der Waals surface area contributed by atoms with Crippen molar-refractivity contribution in [2.45, 2.75) is 197 Å². The monoisotopic (exact) mass is 1300 g/mol. The predicted octanol–water partition coefficient (Wildman–Crippen LogP) is 16.4. The molecule has 0 aromatic heterocycles. The molecule has 7 nitrogen and oxygen atoms in total. The second-order valence-electron chi connectivity index (χ2n) is 36.1. The van der Waals surface area contributed by atoms with E-state index >= 15 is 4.79 Å². The number of nitrogens with one attached hydrogen (secondary N) is 2. The lowest BCUT2D eigenvalue weighted by Gasteiger charge is -2.74. The van der Waals surface area contributed by atoms with Crippen molar-refractivity contribution in [1.82, 2.24) is 10.6 Å². The number of aliphatic hydroxyl groups is 3. The topological polar surface area (TPSA) is 122 Å². The molecular weight excluding hydrogens is 1200 g/mol.